The van der Waals surface area contributed by atoms with Gasteiger partial charge in [0.2, 0.25) is 0 Å². The van der Waals surface area contributed by atoms with Gasteiger partial charge in [0, 0.05) is 16.7 Å². The first kappa shape index (κ1) is 20.7. The van der Waals surface area contributed by atoms with Gasteiger partial charge < -0.3 is 10.1 Å². The lowest BCUT2D eigenvalue weighted by Crippen LogP contribution is -2.16. The minimum absolute atomic E-state index is 0.294. The van der Waals surface area contributed by atoms with Gasteiger partial charge in [0.05, 0.1) is 30.1 Å². The van der Waals surface area contributed by atoms with Gasteiger partial charge in [-0.05, 0) is 49.4 Å². The number of benzene rings is 2. The van der Waals surface area contributed by atoms with Gasteiger partial charge in [-0.1, -0.05) is 17.7 Å². The molecule has 0 fully saturated rings. The van der Waals surface area contributed by atoms with Crippen LogP contribution in [0.25, 0.3) is 22.5 Å². The lowest BCUT2D eigenvalue weighted by Gasteiger charge is -2.10. The SMILES string of the molecule is COc1cccc(C(=O)Nc2cc(C)nn2-c2ncnc3c2cnn3-c2ccc(Cl)cc2)c1. The molecule has 2 aromatic carbocycles. The van der Waals surface area contributed by atoms with Crippen molar-refractivity contribution >= 4 is 34.4 Å². The first-order valence-corrected chi connectivity index (χ1v) is 10.4. The summed E-state index contributed by atoms with van der Waals surface area (Å²) in [6.45, 7) is 1.84. The molecule has 0 aliphatic carbocycles. The predicted octanol–water partition coefficient (Wildman–Crippen LogP) is 4.22. The molecule has 5 rings (SSSR count). The van der Waals surface area contributed by atoms with E-state index in [1.165, 1.54) is 6.33 Å². The molecule has 164 valence electrons. The number of methoxy groups -OCH3 is 1. The summed E-state index contributed by atoms with van der Waals surface area (Å²) in [6, 6.07) is 16.0. The van der Waals surface area contributed by atoms with Crippen LogP contribution in [-0.4, -0.2) is 42.5 Å². The molecule has 0 saturated carbocycles. The van der Waals surface area contributed by atoms with Gasteiger partial charge >= 0.3 is 0 Å². The Bertz CT molecular complexity index is 1470. The lowest BCUT2D eigenvalue weighted by atomic mass is 10.2. The standard InChI is InChI=1S/C23H18ClN7O2/c1-14-10-20(28-23(32)15-4-3-5-18(11-15)33-2)31(29-14)22-19-12-27-30(21(19)25-13-26-22)17-8-6-16(24)7-9-17/h3-13H,1-2H3,(H,28,32). The molecule has 0 aliphatic heterocycles. The Morgan fingerprint density at radius 3 is 2.67 bits per heavy atom. The van der Waals surface area contributed by atoms with Crippen LogP contribution in [0, 0.1) is 6.92 Å². The van der Waals surface area contributed by atoms with E-state index in [1.54, 1.807) is 65.1 Å². The fraction of sp³-hybridized carbons (Fsp3) is 0.0870. The fourth-order valence-electron chi connectivity index (χ4n) is 3.47. The topological polar surface area (TPSA) is 99.8 Å². The molecule has 33 heavy (non-hydrogen) atoms. The van der Waals surface area contributed by atoms with Crippen LogP contribution < -0.4 is 10.1 Å². The Morgan fingerprint density at radius 1 is 1.06 bits per heavy atom. The third-order valence-electron chi connectivity index (χ3n) is 5.02. The van der Waals surface area contributed by atoms with Crippen molar-refractivity contribution in [1.29, 1.82) is 0 Å². The molecule has 0 bridgehead atoms. The molecule has 1 amide bonds. The Labute approximate surface area is 193 Å². The van der Waals surface area contributed by atoms with E-state index in [9.17, 15) is 4.79 Å². The van der Waals surface area contributed by atoms with Crippen molar-refractivity contribution in [3.8, 4) is 17.3 Å². The van der Waals surface area contributed by atoms with E-state index in [0.717, 1.165) is 5.69 Å². The van der Waals surface area contributed by atoms with E-state index in [1.807, 2.05) is 19.1 Å². The number of ether oxygens (including phenoxy) is 1. The highest BCUT2D eigenvalue weighted by molar-refractivity contribution is 6.30. The first-order valence-electron chi connectivity index (χ1n) is 10.0. The average molecular weight is 460 g/mol. The number of halogens is 1. The predicted molar refractivity (Wildman–Crippen MR) is 124 cm³/mol. The van der Waals surface area contributed by atoms with Gasteiger partial charge in [-0.2, -0.15) is 14.9 Å². The Morgan fingerprint density at radius 2 is 1.88 bits per heavy atom. The zero-order valence-electron chi connectivity index (χ0n) is 17.7. The molecular weight excluding hydrogens is 442 g/mol. The molecule has 0 saturated heterocycles. The molecule has 5 aromatic rings. The number of aromatic nitrogens is 6. The minimum Gasteiger partial charge on any atom is -0.497 e. The zero-order valence-corrected chi connectivity index (χ0v) is 18.5. The van der Waals surface area contributed by atoms with Crippen molar-refractivity contribution in [2.24, 2.45) is 0 Å². The van der Waals surface area contributed by atoms with Crippen molar-refractivity contribution in [3.63, 3.8) is 0 Å². The number of anilines is 1. The number of aryl methyl sites for hydroxylation is 1. The van der Waals surface area contributed by atoms with Gasteiger partial charge in [-0.25, -0.2) is 14.6 Å². The molecule has 3 heterocycles. The second-order valence-electron chi connectivity index (χ2n) is 7.24. The molecule has 1 N–H and O–H groups in total. The maximum absolute atomic E-state index is 12.9. The van der Waals surface area contributed by atoms with Crippen LogP contribution in [0.1, 0.15) is 16.1 Å². The summed E-state index contributed by atoms with van der Waals surface area (Å²) in [5.74, 6) is 1.27. The molecule has 0 atom stereocenters. The maximum Gasteiger partial charge on any atom is 0.256 e. The Kier molecular flexibility index (Phi) is 5.23. The summed E-state index contributed by atoms with van der Waals surface area (Å²) in [5.41, 5.74) is 2.58. The summed E-state index contributed by atoms with van der Waals surface area (Å²) < 4.78 is 8.49. The normalized spacial score (nSPS) is 11.0. The van der Waals surface area contributed by atoms with Gasteiger partial charge in [-0.15, -0.1) is 0 Å². The molecule has 0 radical (unpaired) electrons. The van der Waals surface area contributed by atoms with Crippen LogP contribution in [0.15, 0.2) is 67.1 Å². The van der Waals surface area contributed by atoms with E-state index in [4.69, 9.17) is 16.3 Å². The Balaban J connectivity index is 1.55. The molecular formula is C23H18ClN7O2. The van der Waals surface area contributed by atoms with Crippen LogP contribution in [0.2, 0.25) is 5.02 Å². The van der Waals surface area contributed by atoms with Crippen LogP contribution >= 0.6 is 11.6 Å². The van der Waals surface area contributed by atoms with Crippen LogP contribution in [-0.2, 0) is 0 Å². The second-order valence-corrected chi connectivity index (χ2v) is 7.67. The number of nitrogens with one attached hydrogen (secondary N) is 1. The lowest BCUT2D eigenvalue weighted by molar-refractivity contribution is 0.102. The summed E-state index contributed by atoms with van der Waals surface area (Å²) >= 11 is 6.01. The molecule has 9 nitrogen and oxygen atoms in total. The Hall–Kier alpha value is -4.24. The number of nitrogens with zero attached hydrogens (tertiary/aromatic N) is 6. The highest BCUT2D eigenvalue weighted by Crippen LogP contribution is 2.25. The summed E-state index contributed by atoms with van der Waals surface area (Å²) in [7, 11) is 1.56. The van der Waals surface area contributed by atoms with Crippen molar-refractivity contribution < 1.29 is 9.53 Å². The minimum atomic E-state index is -0.294. The largest absolute Gasteiger partial charge is 0.497 e. The number of hydrogen-bond acceptors (Lipinski definition) is 6. The van der Waals surface area contributed by atoms with E-state index < -0.39 is 0 Å². The molecule has 0 aliphatic rings. The quantitative estimate of drug-likeness (QED) is 0.422. The number of amides is 1. The average Bonchev–Trinajstić information content (AvgIpc) is 3.43. The number of carbonyl (C=O) groups excluding carboxylic acids is 1. The number of hydrogen-bond donors (Lipinski definition) is 1. The second kappa shape index (κ2) is 8.36. The number of fused-ring (bicyclic) bond motifs is 1. The van der Waals surface area contributed by atoms with Gasteiger partial charge in [0.15, 0.2) is 11.5 Å². The van der Waals surface area contributed by atoms with E-state index in [2.05, 4.69) is 25.5 Å². The highest BCUT2D eigenvalue weighted by atomic mass is 35.5. The van der Waals surface area contributed by atoms with Crippen LogP contribution in [0.3, 0.4) is 0 Å². The molecule has 10 heteroatoms. The summed E-state index contributed by atoms with van der Waals surface area (Å²) in [5, 5.41) is 13.2. The van der Waals surface area contributed by atoms with Crippen LogP contribution in [0.5, 0.6) is 5.75 Å². The molecule has 0 unspecified atom stereocenters. The van der Waals surface area contributed by atoms with E-state index in [-0.39, 0.29) is 5.91 Å². The number of carbonyl (C=O) groups is 1. The third kappa shape index (κ3) is 3.90. The molecule has 0 spiro atoms. The van der Waals surface area contributed by atoms with Gasteiger partial charge in [-0.3, -0.25) is 4.79 Å². The monoisotopic (exact) mass is 459 g/mol. The first-order chi connectivity index (χ1) is 16.0. The number of rotatable bonds is 5. The maximum atomic E-state index is 12.9. The van der Waals surface area contributed by atoms with Crippen molar-refractivity contribution in [3.05, 3.63) is 83.4 Å². The van der Waals surface area contributed by atoms with Crippen molar-refractivity contribution in [2.75, 3.05) is 12.4 Å². The highest BCUT2D eigenvalue weighted by Gasteiger charge is 2.18. The van der Waals surface area contributed by atoms with Crippen LogP contribution in [0.4, 0.5) is 5.82 Å². The van der Waals surface area contributed by atoms with Crippen molar-refractivity contribution in [2.45, 2.75) is 6.92 Å². The zero-order chi connectivity index (χ0) is 22.9. The molecule has 3 aromatic heterocycles. The van der Waals surface area contributed by atoms with Gasteiger partial charge in [0.1, 0.15) is 17.9 Å². The summed E-state index contributed by atoms with van der Waals surface area (Å²) in [6.07, 6.45) is 3.11. The summed E-state index contributed by atoms with van der Waals surface area (Å²) in [4.78, 5) is 21.7. The fourth-order valence-corrected chi connectivity index (χ4v) is 3.60. The third-order valence-corrected chi connectivity index (χ3v) is 5.27. The van der Waals surface area contributed by atoms with Crippen molar-refractivity contribution in [1.82, 2.24) is 29.5 Å². The van der Waals surface area contributed by atoms with E-state index >= 15 is 0 Å². The van der Waals surface area contributed by atoms with E-state index in [0.29, 0.717) is 44.7 Å². The van der Waals surface area contributed by atoms with Gasteiger partial charge in [0.25, 0.3) is 5.91 Å². The smallest absolute Gasteiger partial charge is 0.256 e.